The van der Waals surface area contributed by atoms with Crippen molar-refractivity contribution in [2.45, 2.75) is 26.4 Å². The number of nitrogen functional groups attached to an aromatic ring is 1. The van der Waals surface area contributed by atoms with Crippen LogP contribution in [0, 0.1) is 5.92 Å². The van der Waals surface area contributed by atoms with Crippen LogP contribution in [-0.4, -0.2) is 16.2 Å². The van der Waals surface area contributed by atoms with Gasteiger partial charge in [0.05, 0.1) is 6.10 Å². The molecular weight excluding hydrogens is 164 g/mol. The van der Waals surface area contributed by atoms with Crippen LogP contribution >= 0.6 is 0 Å². The SMILES string of the molecule is CC(O)C(C)Cc1ccnc(N)c1. The van der Waals surface area contributed by atoms with Crippen LogP contribution in [-0.2, 0) is 6.42 Å². The third kappa shape index (κ3) is 3.03. The fourth-order valence-corrected chi connectivity index (χ4v) is 1.16. The van der Waals surface area contributed by atoms with E-state index in [2.05, 4.69) is 4.98 Å². The third-order valence-corrected chi connectivity index (χ3v) is 2.23. The van der Waals surface area contributed by atoms with Gasteiger partial charge < -0.3 is 10.8 Å². The van der Waals surface area contributed by atoms with Crippen molar-refractivity contribution in [1.82, 2.24) is 4.98 Å². The Labute approximate surface area is 78.6 Å². The summed E-state index contributed by atoms with van der Waals surface area (Å²) in [7, 11) is 0. The average molecular weight is 180 g/mol. The second kappa shape index (κ2) is 4.23. The molecule has 0 aliphatic carbocycles. The molecule has 0 radical (unpaired) electrons. The summed E-state index contributed by atoms with van der Waals surface area (Å²) in [5.74, 6) is 0.789. The lowest BCUT2D eigenvalue weighted by Crippen LogP contribution is -2.15. The Bertz CT molecular complexity index is 273. The van der Waals surface area contributed by atoms with Crippen molar-refractivity contribution in [3.8, 4) is 0 Å². The number of aliphatic hydroxyl groups excluding tert-OH is 1. The monoisotopic (exact) mass is 180 g/mol. The summed E-state index contributed by atoms with van der Waals surface area (Å²) in [5.41, 5.74) is 6.66. The van der Waals surface area contributed by atoms with Crippen LogP contribution in [0.3, 0.4) is 0 Å². The number of anilines is 1. The van der Waals surface area contributed by atoms with E-state index in [-0.39, 0.29) is 12.0 Å². The van der Waals surface area contributed by atoms with E-state index >= 15 is 0 Å². The van der Waals surface area contributed by atoms with Crippen LogP contribution < -0.4 is 5.73 Å². The Morgan fingerprint density at radius 2 is 2.23 bits per heavy atom. The highest BCUT2D eigenvalue weighted by Crippen LogP contribution is 2.12. The largest absolute Gasteiger partial charge is 0.393 e. The van der Waals surface area contributed by atoms with Gasteiger partial charge in [-0.1, -0.05) is 6.92 Å². The van der Waals surface area contributed by atoms with E-state index in [9.17, 15) is 5.11 Å². The summed E-state index contributed by atoms with van der Waals surface area (Å²) in [6.45, 7) is 3.82. The third-order valence-electron chi connectivity index (χ3n) is 2.23. The molecule has 1 aromatic rings. The first-order chi connectivity index (χ1) is 6.09. The van der Waals surface area contributed by atoms with Crippen LogP contribution in [0.25, 0.3) is 0 Å². The molecule has 1 aromatic heterocycles. The van der Waals surface area contributed by atoms with E-state index < -0.39 is 0 Å². The Morgan fingerprint density at radius 1 is 1.54 bits per heavy atom. The van der Waals surface area contributed by atoms with Crippen molar-refractivity contribution in [3.63, 3.8) is 0 Å². The second-order valence-corrected chi connectivity index (χ2v) is 3.51. The Balaban J connectivity index is 2.64. The number of pyridine rings is 1. The number of hydrogen-bond donors (Lipinski definition) is 2. The Hall–Kier alpha value is -1.09. The maximum atomic E-state index is 9.30. The Morgan fingerprint density at radius 3 is 2.77 bits per heavy atom. The summed E-state index contributed by atoms with van der Waals surface area (Å²) in [6.07, 6.45) is 2.25. The molecule has 0 saturated carbocycles. The van der Waals surface area contributed by atoms with Gasteiger partial charge >= 0.3 is 0 Å². The van der Waals surface area contributed by atoms with Crippen molar-refractivity contribution in [3.05, 3.63) is 23.9 Å². The summed E-state index contributed by atoms with van der Waals surface area (Å²) in [6, 6.07) is 3.77. The first-order valence-corrected chi connectivity index (χ1v) is 4.48. The number of nitrogens with two attached hydrogens (primary N) is 1. The zero-order valence-electron chi connectivity index (χ0n) is 8.07. The molecule has 0 fully saturated rings. The fraction of sp³-hybridized carbons (Fsp3) is 0.500. The van der Waals surface area contributed by atoms with Gasteiger partial charge in [-0.25, -0.2) is 4.98 Å². The second-order valence-electron chi connectivity index (χ2n) is 3.51. The first kappa shape index (κ1) is 9.99. The van der Waals surface area contributed by atoms with Gasteiger partial charge in [0.1, 0.15) is 5.82 Å². The van der Waals surface area contributed by atoms with E-state index in [1.54, 1.807) is 13.1 Å². The lowest BCUT2D eigenvalue weighted by atomic mass is 9.97. The molecule has 0 spiro atoms. The van der Waals surface area contributed by atoms with Crippen molar-refractivity contribution in [2.75, 3.05) is 5.73 Å². The molecule has 13 heavy (non-hydrogen) atoms. The molecule has 3 heteroatoms. The van der Waals surface area contributed by atoms with Gasteiger partial charge in [0, 0.05) is 6.20 Å². The van der Waals surface area contributed by atoms with Crippen molar-refractivity contribution >= 4 is 5.82 Å². The predicted octanol–water partition coefficient (Wildman–Crippen LogP) is 1.22. The maximum Gasteiger partial charge on any atom is 0.123 e. The van der Waals surface area contributed by atoms with Gasteiger partial charge in [-0.3, -0.25) is 0 Å². The van der Waals surface area contributed by atoms with E-state index in [0.717, 1.165) is 12.0 Å². The van der Waals surface area contributed by atoms with E-state index in [1.807, 2.05) is 19.1 Å². The molecule has 1 heterocycles. The summed E-state index contributed by atoms with van der Waals surface area (Å²) >= 11 is 0. The summed E-state index contributed by atoms with van der Waals surface area (Å²) in [5, 5.41) is 9.30. The van der Waals surface area contributed by atoms with Crippen LogP contribution in [0.2, 0.25) is 0 Å². The number of aliphatic hydroxyl groups is 1. The summed E-state index contributed by atoms with van der Waals surface area (Å²) < 4.78 is 0. The highest BCUT2D eigenvalue weighted by molar-refractivity contribution is 5.31. The maximum absolute atomic E-state index is 9.30. The number of hydrogen-bond acceptors (Lipinski definition) is 3. The van der Waals surface area contributed by atoms with Crippen molar-refractivity contribution in [2.24, 2.45) is 5.92 Å². The lowest BCUT2D eigenvalue weighted by molar-refractivity contribution is 0.135. The molecule has 0 aromatic carbocycles. The molecule has 0 saturated heterocycles. The number of nitrogens with zero attached hydrogens (tertiary/aromatic N) is 1. The fourth-order valence-electron chi connectivity index (χ4n) is 1.16. The molecular formula is C10H16N2O. The van der Waals surface area contributed by atoms with E-state index in [1.165, 1.54) is 0 Å². The molecule has 0 bridgehead atoms. The van der Waals surface area contributed by atoms with Crippen LogP contribution in [0.1, 0.15) is 19.4 Å². The summed E-state index contributed by atoms with van der Waals surface area (Å²) in [4.78, 5) is 3.91. The minimum Gasteiger partial charge on any atom is -0.393 e. The molecule has 2 unspecified atom stereocenters. The van der Waals surface area contributed by atoms with Crippen LogP contribution in [0.5, 0.6) is 0 Å². The van der Waals surface area contributed by atoms with E-state index in [4.69, 9.17) is 5.73 Å². The van der Waals surface area contributed by atoms with Crippen molar-refractivity contribution in [1.29, 1.82) is 0 Å². The normalized spacial score (nSPS) is 15.3. The van der Waals surface area contributed by atoms with Gasteiger partial charge in [0.25, 0.3) is 0 Å². The number of rotatable bonds is 3. The van der Waals surface area contributed by atoms with Crippen LogP contribution in [0.15, 0.2) is 18.3 Å². The molecule has 0 aliphatic rings. The van der Waals surface area contributed by atoms with Gasteiger partial charge in [0.2, 0.25) is 0 Å². The topological polar surface area (TPSA) is 59.1 Å². The highest BCUT2D eigenvalue weighted by Gasteiger charge is 2.09. The Kier molecular flexibility index (Phi) is 3.25. The van der Waals surface area contributed by atoms with E-state index in [0.29, 0.717) is 5.82 Å². The molecule has 3 N–H and O–H groups in total. The van der Waals surface area contributed by atoms with Gasteiger partial charge in [-0.15, -0.1) is 0 Å². The standard InChI is InChI=1S/C10H16N2O/c1-7(8(2)13)5-9-3-4-12-10(11)6-9/h3-4,6-8,13H,5H2,1-2H3,(H2,11,12). The molecule has 72 valence electrons. The van der Waals surface area contributed by atoms with Gasteiger partial charge in [-0.2, -0.15) is 0 Å². The molecule has 0 amide bonds. The lowest BCUT2D eigenvalue weighted by Gasteiger charge is -2.14. The van der Waals surface area contributed by atoms with Gasteiger partial charge in [0.15, 0.2) is 0 Å². The van der Waals surface area contributed by atoms with Crippen molar-refractivity contribution < 1.29 is 5.11 Å². The molecule has 1 rings (SSSR count). The molecule has 0 aliphatic heterocycles. The minimum absolute atomic E-state index is 0.252. The molecule has 2 atom stereocenters. The quantitative estimate of drug-likeness (QED) is 0.735. The highest BCUT2D eigenvalue weighted by atomic mass is 16.3. The zero-order chi connectivity index (χ0) is 9.84. The predicted molar refractivity (Wildman–Crippen MR) is 53.2 cm³/mol. The van der Waals surface area contributed by atoms with Crippen LogP contribution in [0.4, 0.5) is 5.82 Å². The van der Waals surface area contributed by atoms with Gasteiger partial charge in [-0.05, 0) is 37.0 Å². The smallest absolute Gasteiger partial charge is 0.123 e. The first-order valence-electron chi connectivity index (χ1n) is 4.48. The number of aromatic nitrogens is 1. The molecule has 3 nitrogen and oxygen atoms in total. The zero-order valence-corrected chi connectivity index (χ0v) is 8.07. The minimum atomic E-state index is -0.283. The average Bonchev–Trinajstić information content (AvgIpc) is 2.04.